The fourth-order valence-electron chi connectivity index (χ4n) is 1.21. The van der Waals surface area contributed by atoms with Crippen LogP contribution in [0.25, 0.3) is 0 Å². The average molecular weight is 338 g/mol. The van der Waals surface area contributed by atoms with Crippen LogP contribution in [-0.2, 0) is 4.79 Å². The normalized spacial score (nSPS) is 10.0. The molecule has 1 aromatic rings. The zero-order valence-corrected chi connectivity index (χ0v) is 11.9. The van der Waals surface area contributed by atoms with Crippen molar-refractivity contribution in [1.82, 2.24) is 5.32 Å². The van der Waals surface area contributed by atoms with E-state index in [9.17, 15) is 14.0 Å². The fourth-order valence-corrected chi connectivity index (χ4v) is 1.84. The van der Waals surface area contributed by atoms with Crippen molar-refractivity contribution < 1.29 is 14.0 Å². The Hall–Kier alpha value is -1.14. The smallest absolute Gasteiger partial charge is 0.307 e. The average Bonchev–Trinajstić information content (AvgIpc) is 2.26. The Morgan fingerprint density at radius 3 is 2.72 bits per heavy atom. The molecule has 0 unspecified atom stereocenters. The predicted molar refractivity (Wildman–Crippen MR) is 71.3 cm³/mol. The van der Waals surface area contributed by atoms with Gasteiger partial charge in [0.2, 0.25) is 5.91 Å². The van der Waals surface area contributed by atoms with Crippen LogP contribution >= 0.6 is 27.5 Å². The van der Waals surface area contributed by atoms with Gasteiger partial charge >= 0.3 is 6.03 Å². The molecule has 0 heterocycles. The number of benzene rings is 1. The third kappa shape index (κ3) is 4.27. The predicted octanol–water partition coefficient (Wildman–Crippen LogP) is 3.17. The molecule has 1 aromatic carbocycles. The number of aryl methyl sites for hydroxylation is 1. The zero-order valence-electron chi connectivity index (χ0n) is 9.52. The number of amides is 3. The highest BCUT2D eigenvalue weighted by molar-refractivity contribution is 9.10. The van der Waals surface area contributed by atoms with Gasteiger partial charge in [0.15, 0.2) is 0 Å². The molecule has 2 N–H and O–H groups in total. The van der Waals surface area contributed by atoms with E-state index in [1.807, 2.05) is 0 Å². The van der Waals surface area contributed by atoms with Crippen molar-refractivity contribution >= 4 is 45.2 Å². The van der Waals surface area contributed by atoms with Crippen LogP contribution in [0.1, 0.15) is 12.0 Å². The summed E-state index contributed by atoms with van der Waals surface area (Å²) in [4.78, 5) is 22.5. The van der Waals surface area contributed by atoms with E-state index in [4.69, 9.17) is 11.6 Å². The van der Waals surface area contributed by atoms with Crippen LogP contribution < -0.4 is 10.6 Å². The quantitative estimate of drug-likeness (QED) is 0.832. The number of hydrogen-bond acceptors (Lipinski definition) is 2. The number of hydrogen-bond donors (Lipinski definition) is 2. The van der Waals surface area contributed by atoms with Gasteiger partial charge in [-0.1, -0.05) is 0 Å². The van der Waals surface area contributed by atoms with Gasteiger partial charge in [-0.2, -0.15) is 0 Å². The Bertz CT molecular complexity index is 482. The number of carbonyl (C=O) groups excluding carboxylic acids is 2. The van der Waals surface area contributed by atoms with Crippen molar-refractivity contribution in [3.8, 4) is 0 Å². The third-order valence-corrected chi connectivity index (χ3v) is 2.89. The molecule has 3 amide bonds. The van der Waals surface area contributed by atoms with Gasteiger partial charge in [0.1, 0.15) is 5.82 Å². The van der Waals surface area contributed by atoms with Crippen LogP contribution in [0.4, 0.5) is 14.9 Å². The van der Waals surface area contributed by atoms with Crippen molar-refractivity contribution in [3.63, 3.8) is 0 Å². The first-order chi connectivity index (χ1) is 8.43. The molecule has 0 radical (unpaired) electrons. The van der Waals surface area contributed by atoms with Crippen LogP contribution in [0.3, 0.4) is 0 Å². The van der Waals surface area contributed by atoms with E-state index in [2.05, 4.69) is 26.6 Å². The number of carbonyl (C=O) groups is 2. The zero-order chi connectivity index (χ0) is 13.7. The molecule has 1 rings (SSSR count). The lowest BCUT2D eigenvalue weighted by Gasteiger charge is -2.09. The summed E-state index contributed by atoms with van der Waals surface area (Å²) in [6.07, 6.45) is 0.0443. The highest BCUT2D eigenvalue weighted by Crippen LogP contribution is 2.23. The van der Waals surface area contributed by atoms with E-state index in [1.165, 1.54) is 12.1 Å². The van der Waals surface area contributed by atoms with Crippen molar-refractivity contribution in [3.05, 3.63) is 28.0 Å². The molecule has 18 heavy (non-hydrogen) atoms. The Balaban J connectivity index is 2.70. The Morgan fingerprint density at radius 2 is 2.11 bits per heavy atom. The summed E-state index contributed by atoms with van der Waals surface area (Å²) in [5.74, 6) is -0.855. The monoisotopic (exact) mass is 336 g/mol. The minimum Gasteiger partial charge on any atom is -0.307 e. The molecule has 0 bridgehead atoms. The van der Waals surface area contributed by atoms with Crippen molar-refractivity contribution in [2.24, 2.45) is 0 Å². The summed E-state index contributed by atoms with van der Waals surface area (Å²) in [6, 6.07) is 1.99. The van der Waals surface area contributed by atoms with Crippen molar-refractivity contribution in [2.45, 2.75) is 13.3 Å². The van der Waals surface area contributed by atoms with Gasteiger partial charge in [0.25, 0.3) is 0 Å². The molecule has 0 aromatic heterocycles. The second-order valence-corrected chi connectivity index (χ2v) is 4.75. The van der Waals surface area contributed by atoms with E-state index < -0.39 is 17.8 Å². The van der Waals surface area contributed by atoms with Gasteiger partial charge in [0.05, 0.1) is 4.47 Å². The first kappa shape index (κ1) is 14.9. The number of nitrogens with one attached hydrogen (secondary N) is 2. The van der Waals surface area contributed by atoms with Gasteiger partial charge < -0.3 is 5.32 Å². The highest BCUT2D eigenvalue weighted by Gasteiger charge is 2.10. The number of imide groups is 1. The van der Waals surface area contributed by atoms with Gasteiger partial charge in [-0.3, -0.25) is 10.1 Å². The van der Waals surface area contributed by atoms with E-state index in [1.54, 1.807) is 6.92 Å². The van der Waals surface area contributed by atoms with Gasteiger partial charge in [-0.15, -0.1) is 11.6 Å². The van der Waals surface area contributed by atoms with Gasteiger partial charge in [-0.25, -0.2) is 9.18 Å². The minimum absolute atomic E-state index is 0.0443. The maximum Gasteiger partial charge on any atom is 0.325 e. The van der Waals surface area contributed by atoms with Crippen molar-refractivity contribution in [1.29, 1.82) is 0 Å². The van der Waals surface area contributed by atoms with Crippen LogP contribution in [0.5, 0.6) is 0 Å². The molecule has 0 fully saturated rings. The molecule has 0 saturated heterocycles. The number of halogens is 3. The summed E-state index contributed by atoms with van der Waals surface area (Å²) in [5, 5.41) is 4.48. The molecule has 98 valence electrons. The lowest BCUT2D eigenvalue weighted by molar-refractivity contribution is -0.119. The largest absolute Gasteiger partial charge is 0.325 e. The van der Waals surface area contributed by atoms with E-state index in [0.717, 1.165) is 0 Å². The first-order valence-electron chi connectivity index (χ1n) is 5.06. The van der Waals surface area contributed by atoms with Crippen LogP contribution in [0, 0.1) is 12.7 Å². The molecule has 0 saturated carbocycles. The lowest BCUT2D eigenvalue weighted by Crippen LogP contribution is -2.34. The first-order valence-corrected chi connectivity index (χ1v) is 6.39. The third-order valence-electron chi connectivity index (χ3n) is 2.09. The number of urea groups is 1. The molecule has 7 heteroatoms. The second kappa shape index (κ2) is 6.70. The molecule has 0 spiro atoms. The SMILES string of the molecule is Cc1cc(Br)c(F)cc1NC(=O)NC(=O)CCCl. The number of alkyl halides is 1. The molecular weight excluding hydrogens is 326 g/mol. The van der Waals surface area contributed by atoms with Crippen molar-refractivity contribution in [2.75, 3.05) is 11.2 Å². The lowest BCUT2D eigenvalue weighted by atomic mass is 10.2. The van der Waals surface area contributed by atoms with E-state index >= 15 is 0 Å². The summed E-state index contributed by atoms with van der Waals surface area (Å²) in [6.45, 7) is 1.71. The standard InChI is InChI=1S/C11H11BrClFN2O2/c1-6-4-7(12)8(14)5-9(6)15-11(18)16-10(17)2-3-13/h4-5H,2-3H2,1H3,(H2,15,16,17,18). The van der Waals surface area contributed by atoms with Gasteiger partial charge in [-0.05, 0) is 40.5 Å². The van der Waals surface area contributed by atoms with Crippen LogP contribution in [0.15, 0.2) is 16.6 Å². The number of anilines is 1. The molecule has 0 aliphatic heterocycles. The summed E-state index contributed by atoms with van der Waals surface area (Å²) < 4.78 is 13.6. The van der Waals surface area contributed by atoms with E-state index in [-0.39, 0.29) is 12.3 Å². The van der Waals surface area contributed by atoms with Crippen LogP contribution in [-0.4, -0.2) is 17.8 Å². The summed E-state index contributed by atoms with van der Waals surface area (Å²) in [5.41, 5.74) is 0.968. The van der Waals surface area contributed by atoms with Gasteiger partial charge in [0, 0.05) is 18.0 Å². The number of rotatable bonds is 3. The van der Waals surface area contributed by atoms with Crippen LogP contribution in [0.2, 0.25) is 0 Å². The topological polar surface area (TPSA) is 58.2 Å². The highest BCUT2D eigenvalue weighted by atomic mass is 79.9. The summed E-state index contributed by atoms with van der Waals surface area (Å²) >= 11 is 8.39. The minimum atomic E-state index is -0.713. The Morgan fingerprint density at radius 1 is 1.44 bits per heavy atom. The fraction of sp³-hybridized carbons (Fsp3) is 0.273. The molecule has 0 atom stereocenters. The Kier molecular flexibility index (Phi) is 5.55. The maximum atomic E-state index is 13.3. The summed E-state index contributed by atoms with van der Waals surface area (Å²) in [7, 11) is 0. The Labute approximate surface area is 117 Å². The maximum absolute atomic E-state index is 13.3. The molecule has 0 aliphatic rings. The molecule has 0 aliphatic carbocycles. The molecule has 4 nitrogen and oxygen atoms in total. The molecular formula is C11H11BrClFN2O2. The van der Waals surface area contributed by atoms with E-state index in [0.29, 0.717) is 15.7 Å². The second-order valence-electron chi connectivity index (χ2n) is 3.52.